The number of hydrogen-bond donors (Lipinski definition) is 2. The predicted octanol–water partition coefficient (Wildman–Crippen LogP) is 2.05. The number of hydrogen-bond acceptors (Lipinski definition) is 2. The number of aromatic nitrogens is 1. The first-order valence-electron chi connectivity index (χ1n) is 5.12. The molecule has 0 saturated heterocycles. The second-order valence-electron chi connectivity index (χ2n) is 3.73. The molecule has 4 heteroatoms. The first-order chi connectivity index (χ1) is 8.09. The van der Waals surface area contributed by atoms with Crippen molar-refractivity contribution in [3.05, 3.63) is 57.9 Å². The maximum atomic E-state index is 11.5. The lowest BCUT2D eigenvalue weighted by Gasteiger charge is -2.05. The molecule has 0 atom stereocenters. The van der Waals surface area contributed by atoms with Gasteiger partial charge in [0.25, 0.3) is 5.56 Å². The Morgan fingerprint density at radius 3 is 2.47 bits per heavy atom. The highest BCUT2D eigenvalue weighted by molar-refractivity contribution is 5.87. The molecule has 0 bridgehead atoms. The van der Waals surface area contributed by atoms with Crippen LogP contribution in [0, 0.1) is 6.92 Å². The van der Waals surface area contributed by atoms with E-state index in [2.05, 4.69) is 4.98 Å². The summed E-state index contributed by atoms with van der Waals surface area (Å²) in [4.78, 5) is 24.8. The van der Waals surface area contributed by atoms with E-state index in [0.29, 0.717) is 5.69 Å². The Morgan fingerprint density at radius 1 is 1.18 bits per heavy atom. The van der Waals surface area contributed by atoms with Crippen molar-refractivity contribution in [1.82, 2.24) is 4.98 Å². The second-order valence-corrected chi connectivity index (χ2v) is 3.73. The number of nitrogens with one attached hydrogen (secondary N) is 1. The number of pyridine rings is 1. The highest BCUT2D eigenvalue weighted by Crippen LogP contribution is 2.19. The molecule has 0 aliphatic rings. The van der Waals surface area contributed by atoms with Gasteiger partial charge < -0.3 is 10.1 Å². The molecule has 0 spiro atoms. The van der Waals surface area contributed by atoms with Crippen LogP contribution in [0.5, 0.6) is 0 Å². The summed E-state index contributed by atoms with van der Waals surface area (Å²) in [5.41, 5.74) is 1.70. The first kappa shape index (κ1) is 11.1. The van der Waals surface area contributed by atoms with Gasteiger partial charge in [-0.05, 0) is 24.6 Å². The van der Waals surface area contributed by atoms with Crippen LogP contribution in [0.25, 0.3) is 11.3 Å². The van der Waals surface area contributed by atoms with Crippen molar-refractivity contribution < 1.29 is 9.90 Å². The zero-order chi connectivity index (χ0) is 12.4. The van der Waals surface area contributed by atoms with E-state index < -0.39 is 11.5 Å². The summed E-state index contributed by atoms with van der Waals surface area (Å²) in [5.74, 6) is -1.22. The van der Waals surface area contributed by atoms with Crippen LogP contribution in [-0.4, -0.2) is 16.1 Å². The summed E-state index contributed by atoms with van der Waals surface area (Å²) >= 11 is 0. The fourth-order valence-corrected chi connectivity index (χ4v) is 1.67. The largest absolute Gasteiger partial charge is 0.477 e. The minimum atomic E-state index is -1.22. The molecule has 2 rings (SSSR count). The van der Waals surface area contributed by atoms with Gasteiger partial charge in [-0.15, -0.1) is 0 Å². The molecular formula is C13H11NO3. The summed E-state index contributed by atoms with van der Waals surface area (Å²) in [6.45, 7) is 1.93. The van der Waals surface area contributed by atoms with Gasteiger partial charge in [0, 0.05) is 11.3 Å². The van der Waals surface area contributed by atoms with Crippen LogP contribution < -0.4 is 5.56 Å². The third-order valence-corrected chi connectivity index (χ3v) is 2.58. The van der Waals surface area contributed by atoms with Gasteiger partial charge in [0.05, 0.1) is 0 Å². The van der Waals surface area contributed by atoms with Crippen molar-refractivity contribution in [2.75, 3.05) is 0 Å². The van der Waals surface area contributed by atoms with E-state index in [0.717, 1.165) is 11.1 Å². The van der Waals surface area contributed by atoms with Crippen molar-refractivity contribution in [2.24, 2.45) is 0 Å². The van der Waals surface area contributed by atoms with Crippen LogP contribution in [0.1, 0.15) is 15.9 Å². The van der Waals surface area contributed by atoms with E-state index in [1.807, 2.05) is 31.2 Å². The molecule has 0 aliphatic heterocycles. The van der Waals surface area contributed by atoms with Crippen LogP contribution in [0.2, 0.25) is 0 Å². The minimum absolute atomic E-state index is 0.248. The molecular weight excluding hydrogens is 218 g/mol. The fraction of sp³-hybridized carbons (Fsp3) is 0.0769. The molecule has 86 valence electrons. The van der Waals surface area contributed by atoms with E-state index in [9.17, 15) is 9.59 Å². The average molecular weight is 229 g/mol. The number of aryl methyl sites for hydroxylation is 1. The highest BCUT2D eigenvalue weighted by Gasteiger charge is 2.09. The maximum Gasteiger partial charge on any atom is 0.341 e. The summed E-state index contributed by atoms with van der Waals surface area (Å²) in [6.07, 6.45) is 0. The fourth-order valence-electron chi connectivity index (χ4n) is 1.67. The van der Waals surface area contributed by atoms with Crippen LogP contribution in [0.3, 0.4) is 0 Å². The Balaban J connectivity index is 2.57. The topological polar surface area (TPSA) is 70.2 Å². The molecule has 0 unspecified atom stereocenters. The van der Waals surface area contributed by atoms with Gasteiger partial charge in [-0.2, -0.15) is 0 Å². The molecule has 1 aromatic carbocycles. The Kier molecular flexibility index (Phi) is 2.78. The number of carboxylic acid groups (broad SMARTS) is 1. The second kappa shape index (κ2) is 4.25. The molecule has 4 nitrogen and oxygen atoms in total. The van der Waals surface area contributed by atoms with Gasteiger partial charge >= 0.3 is 5.97 Å². The molecule has 0 fully saturated rings. The summed E-state index contributed by atoms with van der Waals surface area (Å²) in [7, 11) is 0. The zero-order valence-corrected chi connectivity index (χ0v) is 9.23. The van der Waals surface area contributed by atoms with E-state index >= 15 is 0 Å². The van der Waals surface area contributed by atoms with Gasteiger partial charge in [-0.3, -0.25) is 4.79 Å². The van der Waals surface area contributed by atoms with Crippen LogP contribution >= 0.6 is 0 Å². The molecule has 1 heterocycles. The molecule has 17 heavy (non-hydrogen) atoms. The number of aromatic carboxylic acids is 1. The van der Waals surface area contributed by atoms with Crippen LogP contribution in [-0.2, 0) is 0 Å². The van der Waals surface area contributed by atoms with Crippen molar-refractivity contribution in [1.29, 1.82) is 0 Å². The third kappa shape index (κ3) is 2.10. The number of benzene rings is 1. The summed E-state index contributed by atoms with van der Waals surface area (Å²) in [6, 6.07) is 10.5. The van der Waals surface area contributed by atoms with Crippen molar-refractivity contribution in [3.63, 3.8) is 0 Å². The minimum Gasteiger partial charge on any atom is -0.477 e. The molecule has 0 amide bonds. The normalized spacial score (nSPS) is 10.2. The van der Waals surface area contributed by atoms with E-state index in [4.69, 9.17) is 5.11 Å². The standard InChI is InChI=1S/C13H11NO3/c1-8-4-2-3-5-9(8)11-7-6-10(13(16)17)12(15)14-11/h2-7H,1H3,(H,14,15)(H,16,17). The predicted molar refractivity (Wildman–Crippen MR) is 64.2 cm³/mol. The maximum absolute atomic E-state index is 11.5. The summed E-state index contributed by atoms with van der Waals surface area (Å²) < 4.78 is 0. The van der Waals surface area contributed by atoms with Gasteiger partial charge in [0.2, 0.25) is 0 Å². The SMILES string of the molecule is Cc1ccccc1-c1ccc(C(=O)O)c(=O)[nH]1. The molecule has 2 N–H and O–H groups in total. The quantitative estimate of drug-likeness (QED) is 0.827. The Labute approximate surface area is 97.6 Å². The van der Waals surface area contributed by atoms with Gasteiger partial charge in [0.15, 0.2) is 0 Å². The monoisotopic (exact) mass is 229 g/mol. The Morgan fingerprint density at radius 2 is 1.88 bits per heavy atom. The van der Waals surface area contributed by atoms with Gasteiger partial charge in [0.1, 0.15) is 5.56 Å². The van der Waals surface area contributed by atoms with E-state index in [-0.39, 0.29) is 5.56 Å². The smallest absolute Gasteiger partial charge is 0.341 e. The van der Waals surface area contributed by atoms with Gasteiger partial charge in [-0.1, -0.05) is 24.3 Å². The lowest BCUT2D eigenvalue weighted by Crippen LogP contribution is -2.17. The van der Waals surface area contributed by atoms with Crippen molar-refractivity contribution >= 4 is 5.97 Å². The number of carbonyl (C=O) groups is 1. The van der Waals surface area contributed by atoms with Crippen molar-refractivity contribution in [2.45, 2.75) is 6.92 Å². The van der Waals surface area contributed by atoms with Crippen molar-refractivity contribution in [3.8, 4) is 11.3 Å². The Bertz CT molecular complexity index is 629. The summed E-state index contributed by atoms with van der Waals surface area (Å²) in [5, 5.41) is 8.76. The molecule has 0 radical (unpaired) electrons. The number of H-pyrrole nitrogens is 1. The number of rotatable bonds is 2. The lowest BCUT2D eigenvalue weighted by molar-refractivity contribution is 0.0695. The van der Waals surface area contributed by atoms with E-state index in [1.54, 1.807) is 6.07 Å². The van der Waals surface area contributed by atoms with Crippen LogP contribution in [0.4, 0.5) is 0 Å². The van der Waals surface area contributed by atoms with Crippen LogP contribution in [0.15, 0.2) is 41.2 Å². The molecule has 0 saturated carbocycles. The first-order valence-corrected chi connectivity index (χ1v) is 5.12. The third-order valence-electron chi connectivity index (χ3n) is 2.58. The highest BCUT2D eigenvalue weighted by atomic mass is 16.4. The average Bonchev–Trinajstić information content (AvgIpc) is 2.29. The molecule has 1 aromatic heterocycles. The molecule has 2 aromatic rings. The molecule has 0 aliphatic carbocycles. The lowest BCUT2D eigenvalue weighted by atomic mass is 10.0. The zero-order valence-electron chi connectivity index (χ0n) is 9.23. The van der Waals surface area contributed by atoms with E-state index in [1.165, 1.54) is 6.07 Å². The number of aromatic amines is 1. The van der Waals surface area contributed by atoms with Gasteiger partial charge in [-0.25, -0.2) is 4.79 Å². The Hall–Kier alpha value is -2.36. The number of carboxylic acids is 1.